The van der Waals surface area contributed by atoms with Crippen LogP contribution in [0.2, 0.25) is 5.02 Å². The lowest BCUT2D eigenvalue weighted by molar-refractivity contribution is -0.116. The number of carbonyl (C=O) groups is 3. The molecule has 3 aromatic rings. The molecule has 3 N–H and O–H groups in total. The molecular formula is C22H21ClN4O4S. The van der Waals surface area contributed by atoms with E-state index in [9.17, 15) is 14.4 Å². The largest absolute Gasteiger partial charge is 0.462 e. The summed E-state index contributed by atoms with van der Waals surface area (Å²) in [5.74, 6) is -0.588. The highest BCUT2D eigenvalue weighted by Gasteiger charge is 2.10. The maximum absolute atomic E-state index is 12.2. The van der Waals surface area contributed by atoms with Crippen molar-refractivity contribution < 1.29 is 19.1 Å². The third-order valence-corrected chi connectivity index (χ3v) is 5.18. The molecule has 1 heterocycles. The van der Waals surface area contributed by atoms with E-state index in [1.807, 2.05) is 0 Å². The number of nitrogens with zero attached hydrogens (tertiary/aromatic N) is 1. The molecule has 0 aliphatic carbocycles. The van der Waals surface area contributed by atoms with Gasteiger partial charge in [-0.25, -0.2) is 14.6 Å². The van der Waals surface area contributed by atoms with Gasteiger partial charge in [0, 0.05) is 28.2 Å². The molecule has 0 atom stereocenters. The van der Waals surface area contributed by atoms with E-state index in [1.54, 1.807) is 60.8 Å². The molecule has 2 aromatic carbocycles. The number of esters is 1. The average Bonchev–Trinajstić information content (AvgIpc) is 3.20. The normalized spacial score (nSPS) is 10.3. The van der Waals surface area contributed by atoms with E-state index in [0.717, 1.165) is 0 Å². The number of carbonyl (C=O) groups excluding carboxylic acids is 3. The van der Waals surface area contributed by atoms with E-state index in [-0.39, 0.29) is 12.3 Å². The summed E-state index contributed by atoms with van der Waals surface area (Å²) in [6.07, 6.45) is 0.637. The topological polar surface area (TPSA) is 109 Å². The molecule has 0 radical (unpaired) electrons. The molecular weight excluding hydrogens is 452 g/mol. The number of halogens is 1. The Morgan fingerprint density at radius 2 is 1.81 bits per heavy atom. The number of hydrogen-bond donors (Lipinski definition) is 3. The number of nitrogens with one attached hydrogen (secondary N) is 3. The molecule has 3 rings (SSSR count). The Bertz CT molecular complexity index is 1100. The monoisotopic (exact) mass is 472 g/mol. The van der Waals surface area contributed by atoms with Crippen LogP contribution in [0.25, 0.3) is 0 Å². The van der Waals surface area contributed by atoms with Crippen LogP contribution in [0.15, 0.2) is 53.9 Å². The predicted molar refractivity (Wildman–Crippen MR) is 126 cm³/mol. The van der Waals surface area contributed by atoms with E-state index < -0.39 is 12.0 Å². The third-order valence-electron chi connectivity index (χ3n) is 4.14. The SMILES string of the molecule is CCOC(=O)c1ccc(NC(=O)CCc2csc(NC(=O)Nc3cccc(Cl)c3)n2)cc1. The van der Waals surface area contributed by atoms with E-state index in [0.29, 0.717) is 45.8 Å². The lowest BCUT2D eigenvalue weighted by Crippen LogP contribution is -2.19. The van der Waals surface area contributed by atoms with Gasteiger partial charge in [0.2, 0.25) is 5.91 Å². The Hall–Kier alpha value is -3.43. The van der Waals surface area contributed by atoms with Crippen molar-refractivity contribution >= 4 is 57.4 Å². The molecule has 3 amide bonds. The fourth-order valence-electron chi connectivity index (χ4n) is 2.67. The number of rotatable bonds is 8. The number of ether oxygens (including phenoxy) is 1. The van der Waals surface area contributed by atoms with Gasteiger partial charge in [0.15, 0.2) is 5.13 Å². The zero-order valence-electron chi connectivity index (χ0n) is 17.2. The number of aromatic nitrogens is 1. The van der Waals surface area contributed by atoms with Crippen molar-refractivity contribution in [2.24, 2.45) is 0 Å². The molecule has 0 bridgehead atoms. The second-order valence-electron chi connectivity index (χ2n) is 6.58. The first-order chi connectivity index (χ1) is 15.4. The predicted octanol–water partition coefficient (Wildman–Crippen LogP) is 5.19. The van der Waals surface area contributed by atoms with Crippen molar-refractivity contribution in [2.75, 3.05) is 22.6 Å². The molecule has 166 valence electrons. The third kappa shape index (κ3) is 7.07. The van der Waals surface area contributed by atoms with Crippen LogP contribution in [0.5, 0.6) is 0 Å². The van der Waals surface area contributed by atoms with Crippen LogP contribution in [-0.2, 0) is 16.0 Å². The van der Waals surface area contributed by atoms with Crippen molar-refractivity contribution in [3.05, 3.63) is 70.2 Å². The lowest BCUT2D eigenvalue weighted by atomic mass is 10.2. The minimum absolute atomic E-state index is 0.185. The number of urea groups is 1. The molecule has 32 heavy (non-hydrogen) atoms. The van der Waals surface area contributed by atoms with Crippen molar-refractivity contribution in [2.45, 2.75) is 19.8 Å². The number of anilines is 3. The zero-order chi connectivity index (χ0) is 22.9. The Morgan fingerprint density at radius 1 is 1.03 bits per heavy atom. The van der Waals surface area contributed by atoms with Gasteiger partial charge in [-0.2, -0.15) is 0 Å². The van der Waals surface area contributed by atoms with Crippen molar-refractivity contribution in [1.29, 1.82) is 0 Å². The zero-order valence-corrected chi connectivity index (χ0v) is 18.8. The second kappa shape index (κ2) is 11.3. The van der Waals surface area contributed by atoms with Gasteiger partial charge in [-0.05, 0) is 55.8 Å². The quantitative estimate of drug-likeness (QED) is 0.391. The molecule has 8 nitrogen and oxygen atoms in total. The van der Waals surface area contributed by atoms with Crippen LogP contribution in [0.3, 0.4) is 0 Å². The van der Waals surface area contributed by atoms with Gasteiger partial charge < -0.3 is 15.4 Å². The van der Waals surface area contributed by atoms with Crippen LogP contribution in [0, 0.1) is 0 Å². The van der Waals surface area contributed by atoms with Crippen LogP contribution >= 0.6 is 22.9 Å². The van der Waals surface area contributed by atoms with Gasteiger partial charge >= 0.3 is 12.0 Å². The van der Waals surface area contributed by atoms with Gasteiger partial charge in [0.1, 0.15) is 0 Å². The first kappa shape index (κ1) is 23.2. The number of benzene rings is 2. The van der Waals surface area contributed by atoms with Crippen molar-refractivity contribution in [1.82, 2.24) is 4.98 Å². The van der Waals surface area contributed by atoms with E-state index in [4.69, 9.17) is 16.3 Å². The smallest absolute Gasteiger partial charge is 0.338 e. The summed E-state index contributed by atoms with van der Waals surface area (Å²) in [4.78, 5) is 40.3. The average molecular weight is 473 g/mol. The minimum Gasteiger partial charge on any atom is -0.462 e. The Morgan fingerprint density at radius 3 is 2.53 bits per heavy atom. The fourth-order valence-corrected chi connectivity index (χ4v) is 3.60. The minimum atomic E-state index is -0.433. The van der Waals surface area contributed by atoms with E-state index in [1.165, 1.54) is 11.3 Å². The molecule has 0 aliphatic heterocycles. The highest BCUT2D eigenvalue weighted by Crippen LogP contribution is 2.19. The Kier molecular flexibility index (Phi) is 8.18. The van der Waals surface area contributed by atoms with Crippen LogP contribution in [0.4, 0.5) is 21.3 Å². The summed E-state index contributed by atoms with van der Waals surface area (Å²) < 4.78 is 4.93. The van der Waals surface area contributed by atoms with Gasteiger partial charge in [0.05, 0.1) is 17.9 Å². The van der Waals surface area contributed by atoms with Crippen molar-refractivity contribution in [3.8, 4) is 0 Å². The molecule has 0 fully saturated rings. The van der Waals surface area contributed by atoms with Gasteiger partial charge in [-0.1, -0.05) is 17.7 Å². The Labute approximate surface area is 194 Å². The highest BCUT2D eigenvalue weighted by molar-refractivity contribution is 7.13. The van der Waals surface area contributed by atoms with E-state index in [2.05, 4.69) is 20.9 Å². The standard InChI is InChI=1S/C22H21ClN4O4S/c1-2-31-20(29)14-6-8-16(9-7-14)24-19(28)11-10-18-13-32-22(26-18)27-21(30)25-17-5-3-4-15(23)12-17/h3-9,12-13H,2,10-11H2,1H3,(H,24,28)(H2,25,26,27,30). The molecule has 1 aromatic heterocycles. The summed E-state index contributed by atoms with van der Waals surface area (Å²) in [7, 11) is 0. The maximum Gasteiger partial charge on any atom is 0.338 e. The summed E-state index contributed by atoms with van der Waals surface area (Å²) in [5, 5.41) is 10.8. The van der Waals surface area contributed by atoms with Crippen LogP contribution < -0.4 is 16.0 Å². The first-order valence-corrected chi connectivity index (χ1v) is 11.0. The first-order valence-electron chi connectivity index (χ1n) is 9.78. The van der Waals surface area contributed by atoms with Gasteiger partial charge in [0.25, 0.3) is 0 Å². The summed E-state index contributed by atoms with van der Waals surface area (Å²) in [5.41, 5.74) is 2.27. The molecule has 0 unspecified atom stereocenters. The van der Waals surface area contributed by atoms with Crippen LogP contribution in [-0.4, -0.2) is 29.5 Å². The highest BCUT2D eigenvalue weighted by atomic mass is 35.5. The molecule has 0 spiro atoms. The molecule has 10 heteroatoms. The summed E-state index contributed by atoms with van der Waals surface area (Å²) >= 11 is 7.17. The number of aryl methyl sites for hydroxylation is 1. The van der Waals surface area contributed by atoms with E-state index >= 15 is 0 Å². The molecule has 0 saturated carbocycles. The lowest BCUT2D eigenvalue weighted by Gasteiger charge is -2.06. The van der Waals surface area contributed by atoms with Crippen LogP contribution in [0.1, 0.15) is 29.4 Å². The summed E-state index contributed by atoms with van der Waals surface area (Å²) in [6.45, 7) is 2.04. The van der Waals surface area contributed by atoms with Crippen molar-refractivity contribution in [3.63, 3.8) is 0 Å². The molecule has 0 saturated heterocycles. The number of hydrogen-bond acceptors (Lipinski definition) is 6. The Balaban J connectivity index is 1.44. The number of amides is 3. The van der Waals surface area contributed by atoms with Gasteiger partial charge in [-0.3, -0.25) is 10.1 Å². The second-order valence-corrected chi connectivity index (χ2v) is 7.87. The van der Waals surface area contributed by atoms with Gasteiger partial charge in [-0.15, -0.1) is 11.3 Å². The number of thiazole rings is 1. The summed E-state index contributed by atoms with van der Waals surface area (Å²) in [6, 6.07) is 12.9. The maximum atomic E-state index is 12.2. The fraction of sp³-hybridized carbons (Fsp3) is 0.182. The molecule has 0 aliphatic rings.